The largest absolute Gasteiger partial charge is 0.366 e. The first-order valence-corrected chi connectivity index (χ1v) is 11.5. The maximum Gasteiger partial charge on any atom is 0.249 e. The second-order valence-corrected chi connectivity index (χ2v) is 8.42. The lowest BCUT2D eigenvalue weighted by molar-refractivity contribution is -0.909. The number of nitrogens with two attached hydrogens (primary N) is 1. The molecule has 8 heteroatoms. The van der Waals surface area contributed by atoms with Crippen molar-refractivity contribution in [2.24, 2.45) is 5.73 Å². The number of aromatic amines is 1. The Kier molecular flexibility index (Phi) is 8.98. The summed E-state index contributed by atoms with van der Waals surface area (Å²) >= 11 is 6.04. The molecule has 0 unspecified atom stereocenters. The van der Waals surface area contributed by atoms with Gasteiger partial charge in [-0.15, -0.1) is 12.8 Å². The van der Waals surface area contributed by atoms with E-state index in [4.69, 9.17) is 17.3 Å². The number of carbonyl (C=O) groups excluding carboxylic acids is 1. The van der Waals surface area contributed by atoms with E-state index in [-0.39, 0.29) is 5.82 Å². The number of aryl methyl sites for hydroxylation is 1. The summed E-state index contributed by atoms with van der Waals surface area (Å²) in [4.78, 5) is 19.1. The summed E-state index contributed by atoms with van der Waals surface area (Å²) in [6, 6.07) is 22.8. The molecule has 4 N–H and O–H groups in total. The molecule has 186 valence electrons. The average molecular weight is 516 g/mol. The van der Waals surface area contributed by atoms with Crippen molar-refractivity contribution >= 4 is 28.5 Å². The number of H-pyrrole nitrogens is 1. The Hall–Kier alpha value is -4.67. The van der Waals surface area contributed by atoms with E-state index in [0.717, 1.165) is 4.73 Å². The van der Waals surface area contributed by atoms with Gasteiger partial charge in [-0.3, -0.25) is 10.0 Å². The maximum atomic E-state index is 13.3. The van der Waals surface area contributed by atoms with Crippen molar-refractivity contribution in [3.05, 3.63) is 119 Å². The van der Waals surface area contributed by atoms with Gasteiger partial charge in [0.05, 0.1) is 23.0 Å². The van der Waals surface area contributed by atoms with Crippen LogP contribution in [0.5, 0.6) is 0 Å². The number of halogens is 2. The summed E-state index contributed by atoms with van der Waals surface area (Å²) in [5.41, 5.74) is 9.93. The quantitative estimate of drug-likeness (QED) is 0.168. The van der Waals surface area contributed by atoms with Gasteiger partial charge in [0.2, 0.25) is 17.8 Å². The van der Waals surface area contributed by atoms with Crippen molar-refractivity contribution in [3.8, 4) is 24.0 Å². The number of imidazole rings is 1. The highest BCUT2D eigenvalue weighted by molar-refractivity contribution is 6.31. The van der Waals surface area contributed by atoms with Gasteiger partial charge in [-0.25, -0.2) is 9.37 Å². The fourth-order valence-corrected chi connectivity index (χ4v) is 3.79. The number of fused-ring (bicyclic) bond motifs is 1. The second kappa shape index (κ2) is 12.3. The highest BCUT2D eigenvalue weighted by Gasteiger charge is 2.18. The Balaban J connectivity index is 0.000000361. The Morgan fingerprint density at radius 1 is 1.08 bits per heavy atom. The summed E-state index contributed by atoms with van der Waals surface area (Å²) < 4.78 is 14.3. The molecule has 0 spiro atoms. The number of hydrogen-bond donors (Lipinski definition) is 3. The molecule has 3 aromatic carbocycles. The Labute approximate surface area is 219 Å². The SMILES string of the molecule is C#C.Cc1ccccc1.NC(=O)c1ccc(Cl)cc1-c1ccc(Cc2nc3ccc(F)cc3[nH]2)[n+](O)c1. The summed E-state index contributed by atoms with van der Waals surface area (Å²) in [6.45, 7) is 2.08. The summed E-state index contributed by atoms with van der Waals surface area (Å²) in [7, 11) is 0. The van der Waals surface area contributed by atoms with Crippen molar-refractivity contribution in [1.29, 1.82) is 0 Å². The molecule has 1 amide bonds. The molecular weight excluding hydrogens is 491 g/mol. The average Bonchev–Trinajstić information content (AvgIpc) is 3.28. The zero-order valence-electron chi connectivity index (χ0n) is 20.0. The van der Waals surface area contributed by atoms with E-state index in [2.05, 4.69) is 41.9 Å². The number of terminal acetylenes is 1. The number of nitrogens with zero attached hydrogens (tertiary/aromatic N) is 2. The lowest BCUT2D eigenvalue weighted by Crippen LogP contribution is -2.35. The van der Waals surface area contributed by atoms with Crippen LogP contribution in [0.15, 0.2) is 85.1 Å². The number of aromatic nitrogens is 3. The van der Waals surface area contributed by atoms with E-state index in [1.807, 2.05) is 18.2 Å². The zero-order valence-corrected chi connectivity index (χ0v) is 20.8. The van der Waals surface area contributed by atoms with Gasteiger partial charge in [0.15, 0.2) is 0 Å². The molecule has 0 radical (unpaired) electrons. The van der Waals surface area contributed by atoms with Gasteiger partial charge in [-0.2, -0.15) is 0 Å². The van der Waals surface area contributed by atoms with Gasteiger partial charge in [-0.05, 0) is 49.4 Å². The van der Waals surface area contributed by atoms with E-state index in [1.165, 1.54) is 23.9 Å². The van der Waals surface area contributed by atoms with Crippen molar-refractivity contribution in [3.63, 3.8) is 0 Å². The van der Waals surface area contributed by atoms with Crippen LogP contribution in [0.3, 0.4) is 0 Å². The zero-order chi connectivity index (χ0) is 26.9. The van der Waals surface area contributed by atoms with Crippen LogP contribution >= 0.6 is 11.6 Å². The lowest BCUT2D eigenvalue weighted by Gasteiger charge is -2.06. The van der Waals surface area contributed by atoms with Gasteiger partial charge >= 0.3 is 0 Å². The third kappa shape index (κ3) is 6.94. The van der Waals surface area contributed by atoms with Crippen LogP contribution in [-0.4, -0.2) is 21.1 Å². The van der Waals surface area contributed by atoms with Gasteiger partial charge in [0.1, 0.15) is 11.6 Å². The van der Waals surface area contributed by atoms with E-state index in [9.17, 15) is 14.4 Å². The number of hydrogen-bond acceptors (Lipinski definition) is 3. The molecule has 0 fully saturated rings. The Morgan fingerprint density at radius 3 is 2.43 bits per heavy atom. The Bertz CT molecular complexity index is 1550. The van der Waals surface area contributed by atoms with Crippen LogP contribution in [0.25, 0.3) is 22.2 Å². The first-order valence-electron chi connectivity index (χ1n) is 11.1. The number of amides is 1. The van der Waals surface area contributed by atoms with Crippen molar-refractivity contribution in [2.75, 3.05) is 0 Å². The van der Waals surface area contributed by atoms with Gasteiger partial charge < -0.3 is 10.7 Å². The van der Waals surface area contributed by atoms with Gasteiger partial charge in [-0.1, -0.05) is 47.5 Å². The van der Waals surface area contributed by atoms with Crippen molar-refractivity contribution < 1.29 is 19.1 Å². The van der Waals surface area contributed by atoms with Crippen LogP contribution < -0.4 is 10.5 Å². The van der Waals surface area contributed by atoms with E-state index in [1.54, 1.807) is 36.4 Å². The molecule has 37 heavy (non-hydrogen) atoms. The predicted molar refractivity (Wildman–Crippen MR) is 143 cm³/mol. The van der Waals surface area contributed by atoms with E-state index in [0.29, 0.717) is 50.7 Å². The van der Waals surface area contributed by atoms with E-state index < -0.39 is 5.91 Å². The number of benzene rings is 3. The molecule has 0 saturated heterocycles. The molecule has 0 aliphatic rings. The fraction of sp³-hybridized carbons (Fsp3) is 0.0690. The van der Waals surface area contributed by atoms with E-state index >= 15 is 0 Å². The lowest BCUT2D eigenvalue weighted by atomic mass is 10.0. The number of pyridine rings is 1. The van der Waals surface area contributed by atoms with Crippen LogP contribution in [0.4, 0.5) is 4.39 Å². The monoisotopic (exact) mass is 515 g/mol. The molecular formula is C29H25ClFN4O2+. The highest BCUT2D eigenvalue weighted by Crippen LogP contribution is 2.26. The topological polar surface area (TPSA) is 95.9 Å². The minimum Gasteiger partial charge on any atom is -0.366 e. The molecule has 0 atom stereocenters. The molecule has 0 aliphatic heterocycles. The molecule has 2 heterocycles. The number of primary amides is 1. The predicted octanol–water partition coefficient (Wildman–Crippen LogP) is 5.48. The van der Waals surface area contributed by atoms with Crippen LogP contribution in [0.2, 0.25) is 5.02 Å². The molecule has 2 aromatic heterocycles. The molecule has 0 bridgehead atoms. The standard InChI is InChI=1S/C20H14ClFN4O2.C7H8.C2H2/c21-12-2-5-15(20(23)27)16(7-12)11-1-4-14(26(28)10-11)9-19-24-17-6-3-13(22)8-18(17)25-19;1-7-5-3-2-4-6-7;1-2/h1-8,10H,9H2,(H3-,23,24,25,27,28);2-6H,1H3;1-2H/p+1. The summed E-state index contributed by atoms with van der Waals surface area (Å²) in [5.74, 6) is -0.359. The van der Waals surface area contributed by atoms with Gasteiger partial charge in [0, 0.05) is 26.9 Å². The molecule has 6 nitrogen and oxygen atoms in total. The minimum atomic E-state index is -0.588. The van der Waals surface area contributed by atoms with Crippen molar-refractivity contribution in [1.82, 2.24) is 9.97 Å². The maximum absolute atomic E-state index is 13.3. The minimum absolute atomic E-state index is 0.297. The molecule has 0 aliphatic carbocycles. The fourth-order valence-electron chi connectivity index (χ4n) is 3.61. The third-order valence-electron chi connectivity index (χ3n) is 5.35. The van der Waals surface area contributed by atoms with Crippen LogP contribution in [0.1, 0.15) is 27.4 Å². The summed E-state index contributed by atoms with van der Waals surface area (Å²) in [6.07, 6.45) is 9.76. The normalized spacial score (nSPS) is 10.1. The molecule has 5 rings (SSSR count). The second-order valence-electron chi connectivity index (χ2n) is 7.98. The first kappa shape index (κ1) is 26.9. The number of carbonyl (C=O) groups is 1. The van der Waals surface area contributed by atoms with Gasteiger partial charge in [0.25, 0.3) is 0 Å². The third-order valence-corrected chi connectivity index (χ3v) is 5.59. The van der Waals surface area contributed by atoms with Crippen molar-refractivity contribution in [2.45, 2.75) is 13.3 Å². The first-order chi connectivity index (χ1) is 17.8. The molecule has 5 aromatic rings. The number of rotatable bonds is 4. The molecule has 0 saturated carbocycles. The Morgan fingerprint density at radius 2 is 1.81 bits per heavy atom. The smallest absolute Gasteiger partial charge is 0.249 e. The van der Waals surface area contributed by atoms with Crippen LogP contribution in [0, 0.1) is 25.6 Å². The highest BCUT2D eigenvalue weighted by atomic mass is 35.5. The summed E-state index contributed by atoms with van der Waals surface area (Å²) in [5, 5.41) is 10.8. The number of nitrogens with one attached hydrogen (secondary N) is 1. The van der Waals surface area contributed by atoms with Crippen LogP contribution in [-0.2, 0) is 6.42 Å².